The lowest BCUT2D eigenvalue weighted by Crippen LogP contribution is -2.34. The van der Waals surface area contributed by atoms with E-state index in [0.717, 1.165) is 31.6 Å². The average molecular weight is 273 g/mol. The quantitative estimate of drug-likeness (QED) is 0.885. The normalized spacial score (nSPS) is 16.8. The summed E-state index contributed by atoms with van der Waals surface area (Å²) in [5.41, 5.74) is 1.62. The Morgan fingerprint density at radius 1 is 1.30 bits per heavy atom. The van der Waals surface area contributed by atoms with E-state index in [1.54, 1.807) is 0 Å². The van der Waals surface area contributed by atoms with Crippen LogP contribution in [0.15, 0.2) is 24.3 Å². The molecule has 4 heteroatoms. The van der Waals surface area contributed by atoms with Crippen LogP contribution < -0.4 is 10.2 Å². The molecular formula is C16H23N3O. The molecule has 1 aromatic carbocycles. The van der Waals surface area contributed by atoms with Gasteiger partial charge in [-0.3, -0.25) is 0 Å². The number of anilines is 2. The second kappa shape index (κ2) is 6.15. The minimum Gasteiger partial charge on any atom is -0.396 e. The van der Waals surface area contributed by atoms with Crippen LogP contribution in [0.3, 0.4) is 0 Å². The molecule has 0 atom stereocenters. The van der Waals surface area contributed by atoms with Gasteiger partial charge in [0.2, 0.25) is 0 Å². The highest BCUT2D eigenvalue weighted by molar-refractivity contribution is 5.56. The summed E-state index contributed by atoms with van der Waals surface area (Å²) in [7, 11) is 0. The number of nitriles is 1. The van der Waals surface area contributed by atoms with Crippen molar-refractivity contribution in [1.29, 1.82) is 5.26 Å². The Bertz CT molecular complexity index is 467. The monoisotopic (exact) mass is 273 g/mol. The van der Waals surface area contributed by atoms with E-state index in [2.05, 4.69) is 28.4 Å². The van der Waals surface area contributed by atoms with Crippen molar-refractivity contribution >= 4 is 11.4 Å². The van der Waals surface area contributed by atoms with Gasteiger partial charge in [0.05, 0.1) is 6.07 Å². The van der Waals surface area contributed by atoms with Gasteiger partial charge >= 0.3 is 0 Å². The van der Waals surface area contributed by atoms with E-state index >= 15 is 0 Å². The van der Waals surface area contributed by atoms with Crippen LogP contribution in [0.25, 0.3) is 0 Å². The molecule has 0 amide bonds. The van der Waals surface area contributed by atoms with E-state index in [0.29, 0.717) is 12.5 Å². The Morgan fingerprint density at radius 3 is 2.40 bits per heavy atom. The summed E-state index contributed by atoms with van der Waals surface area (Å²) in [5, 5.41) is 21.4. The van der Waals surface area contributed by atoms with E-state index in [4.69, 9.17) is 10.4 Å². The molecule has 0 radical (unpaired) electrons. The highest BCUT2D eigenvalue weighted by atomic mass is 16.3. The highest BCUT2D eigenvalue weighted by Gasteiger charge is 2.19. The lowest BCUT2D eigenvalue weighted by atomic mass is 9.97. The van der Waals surface area contributed by atoms with Crippen LogP contribution >= 0.6 is 0 Å². The molecule has 20 heavy (non-hydrogen) atoms. The van der Waals surface area contributed by atoms with Crippen molar-refractivity contribution in [1.82, 2.24) is 0 Å². The average Bonchev–Trinajstić information content (AvgIpc) is 2.48. The molecule has 4 nitrogen and oxygen atoms in total. The molecule has 0 aromatic heterocycles. The van der Waals surface area contributed by atoms with Crippen LogP contribution in [-0.4, -0.2) is 30.3 Å². The van der Waals surface area contributed by atoms with Gasteiger partial charge in [-0.1, -0.05) is 0 Å². The maximum absolute atomic E-state index is 9.16. The topological polar surface area (TPSA) is 59.3 Å². The summed E-state index contributed by atoms with van der Waals surface area (Å²) in [4.78, 5) is 2.35. The highest BCUT2D eigenvalue weighted by Crippen LogP contribution is 2.25. The van der Waals surface area contributed by atoms with Crippen molar-refractivity contribution < 1.29 is 5.11 Å². The molecule has 108 valence electrons. The summed E-state index contributed by atoms with van der Waals surface area (Å²) in [5.74, 6) is 0.462. The van der Waals surface area contributed by atoms with Crippen LogP contribution in [0.5, 0.6) is 0 Å². The minimum atomic E-state index is -0.555. The van der Waals surface area contributed by atoms with Gasteiger partial charge in [-0.25, -0.2) is 0 Å². The van der Waals surface area contributed by atoms with Gasteiger partial charge in [0, 0.05) is 31.1 Å². The fourth-order valence-corrected chi connectivity index (χ4v) is 2.52. The molecule has 0 bridgehead atoms. The SMILES string of the molecule is CC(C)(C#N)Nc1ccc(N2CCC(CO)CC2)cc1. The van der Waals surface area contributed by atoms with Gasteiger partial charge < -0.3 is 15.3 Å². The molecule has 0 saturated carbocycles. The zero-order chi connectivity index (χ0) is 14.6. The number of aliphatic hydroxyl groups is 1. The summed E-state index contributed by atoms with van der Waals surface area (Å²) in [6, 6.07) is 10.5. The molecule has 1 fully saturated rings. The van der Waals surface area contributed by atoms with Gasteiger partial charge in [-0.05, 0) is 56.9 Å². The molecule has 0 aliphatic carbocycles. The predicted octanol–water partition coefficient (Wildman–Crippen LogP) is 2.61. The number of nitrogens with one attached hydrogen (secondary N) is 1. The Morgan fingerprint density at radius 2 is 1.90 bits per heavy atom. The zero-order valence-electron chi connectivity index (χ0n) is 12.3. The molecule has 1 aliphatic rings. The van der Waals surface area contributed by atoms with Crippen LogP contribution in [0, 0.1) is 17.2 Å². The fraction of sp³-hybridized carbons (Fsp3) is 0.562. The van der Waals surface area contributed by atoms with Crippen LogP contribution in [0.2, 0.25) is 0 Å². The third kappa shape index (κ3) is 3.64. The number of aliphatic hydroxyl groups excluding tert-OH is 1. The fourth-order valence-electron chi connectivity index (χ4n) is 2.52. The molecule has 1 aliphatic heterocycles. The van der Waals surface area contributed by atoms with Gasteiger partial charge in [0.25, 0.3) is 0 Å². The molecule has 2 N–H and O–H groups in total. The molecule has 1 aromatic rings. The lowest BCUT2D eigenvalue weighted by Gasteiger charge is -2.33. The molecular weight excluding hydrogens is 250 g/mol. The van der Waals surface area contributed by atoms with Gasteiger partial charge in [-0.2, -0.15) is 5.26 Å². The van der Waals surface area contributed by atoms with Crippen LogP contribution in [0.1, 0.15) is 26.7 Å². The number of benzene rings is 1. The predicted molar refractivity (Wildman–Crippen MR) is 81.8 cm³/mol. The Hall–Kier alpha value is -1.73. The van der Waals surface area contributed by atoms with Crippen LogP contribution in [0.4, 0.5) is 11.4 Å². The standard InChI is InChI=1S/C16H23N3O/c1-16(2,12-17)18-14-3-5-15(6-4-14)19-9-7-13(11-20)8-10-19/h3-6,13,18,20H,7-11H2,1-2H3. The van der Waals surface area contributed by atoms with Crippen molar-refractivity contribution in [2.75, 3.05) is 29.9 Å². The second-order valence-corrected chi connectivity index (χ2v) is 6.02. The molecule has 0 spiro atoms. The Kier molecular flexibility index (Phi) is 4.51. The van der Waals surface area contributed by atoms with E-state index in [-0.39, 0.29) is 0 Å². The zero-order valence-corrected chi connectivity index (χ0v) is 12.3. The number of nitrogens with zero attached hydrogens (tertiary/aromatic N) is 2. The van der Waals surface area contributed by atoms with Crippen molar-refractivity contribution in [3.8, 4) is 6.07 Å². The van der Waals surface area contributed by atoms with Crippen molar-refractivity contribution in [3.63, 3.8) is 0 Å². The van der Waals surface area contributed by atoms with Gasteiger partial charge in [0.1, 0.15) is 5.54 Å². The van der Waals surface area contributed by atoms with Crippen molar-refractivity contribution in [2.24, 2.45) is 5.92 Å². The molecule has 2 rings (SSSR count). The first-order valence-corrected chi connectivity index (χ1v) is 7.19. The second-order valence-electron chi connectivity index (χ2n) is 6.02. The summed E-state index contributed by atoms with van der Waals surface area (Å²) in [6.07, 6.45) is 2.11. The summed E-state index contributed by atoms with van der Waals surface area (Å²) in [6.45, 7) is 6.03. The molecule has 1 saturated heterocycles. The Balaban J connectivity index is 1.97. The van der Waals surface area contributed by atoms with Crippen molar-refractivity contribution in [2.45, 2.75) is 32.2 Å². The van der Waals surface area contributed by atoms with E-state index in [1.165, 1.54) is 5.69 Å². The number of piperidine rings is 1. The minimum absolute atomic E-state index is 0.305. The molecule has 1 heterocycles. The van der Waals surface area contributed by atoms with Crippen LogP contribution in [-0.2, 0) is 0 Å². The smallest absolute Gasteiger partial charge is 0.119 e. The van der Waals surface area contributed by atoms with Gasteiger partial charge in [0.15, 0.2) is 0 Å². The first-order valence-electron chi connectivity index (χ1n) is 7.19. The van der Waals surface area contributed by atoms with E-state index in [1.807, 2.05) is 26.0 Å². The maximum atomic E-state index is 9.16. The lowest BCUT2D eigenvalue weighted by molar-refractivity contribution is 0.203. The number of hydrogen-bond donors (Lipinski definition) is 2. The van der Waals surface area contributed by atoms with Crippen molar-refractivity contribution in [3.05, 3.63) is 24.3 Å². The molecule has 0 unspecified atom stereocenters. The van der Waals surface area contributed by atoms with E-state index in [9.17, 15) is 0 Å². The maximum Gasteiger partial charge on any atom is 0.119 e. The van der Waals surface area contributed by atoms with E-state index < -0.39 is 5.54 Å². The third-order valence-corrected chi connectivity index (χ3v) is 3.84. The first kappa shape index (κ1) is 14.7. The Labute approximate surface area is 121 Å². The summed E-state index contributed by atoms with van der Waals surface area (Å²) >= 11 is 0. The largest absolute Gasteiger partial charge is 0.396 e. The third-order valence-electron chi connectivity index (χ3n) is 3.84. The number of hydrogen-bond acceptors (Lipinski definition) is 4. The number of rotatable bonds is 4. The van der Waals surface area contributed by atoms with Gasteiger partial charge in [-0.15, -0.1) is 0 Å². The first-order chi connectivity index (χ1) is 9.54. The summed E-state index contributed by atoms with van der Waals surface area (Å²) < 4.78 is 0.